The summed E-state index contributed by atoms with van der Waals surface area (Å²) in [6, 6.07) is 11.7. The summed E-state index contributed by atoms with van der Waals surface area (Å²) in [6.45, 7) is 1.96. The molecular formula is C16H17FN2O2. The average molecular weight is 288 g/mol. The summed E-state index contributed by atoms with van der Waals surface area (Å²) in [7, 11) is 0. The van der Waals surface area contributed by atoms with E-state index in [2.05, 4.69) is 5.32 Å². The molecule has 5 heteroatoms. The van der Waals surface area contributed by atoms with E-state index in [0.29, 0.717) is 11.4 Å². The van der Waals surface area contributed by atoms with Gasteiger partial charge in [-0.2, -0.15) is 0 Å². The molecule has 0 saturated carbocycles. The largest absolute Gasteiger partial charge is 0.491 e. The standard InChI is InChI=1S/C16H17FN2O2/c1-11-6-7-14(12(17)10-11)19-16(20)8-9-21-15-5-3-2-4-13(15)18/h2-7,10H,8-9,18H2,1H3,(H,19,20). The van der Waals surface area contributed by atoms with E-state index in [1.54, 1.807) is 43.3 Å². The molecule has 0 fully saturated rings. The lowest BCUT2D eigenvalue weighted by Gasteiger charge is -2.09. The van der Waals surface area contributed by atoms with E-state index in [9.17, 15) is 9.18 Å². The van der Waals surface area contributed by atoms with Gasteiger partial charge < -0.3 is 15.8 Å². The van der Waals surface area contributed by atoms with E-state index >= 15 is 0 Å². The molecule has 2 aromatic rings. The van der Waals surface area contributed by atoms with Gasteiger partial charge in [-0.1, -0.05) is 18.2 Å². The quantitative estimate of drug-likeness (QED) is 0.831. The number of rotatable bonds is 5. The van der Waals surface area contributed by atoms with Crippen molar-refractivity contribution in [1.29, 1.82) is 0 Å². The van der Waals surface area contributed by atoms with Crippen molar-refractivity contribution < 1.29 is 13.9 Å². The molecule has 0 atom stereocenters. The maximum Gasteiger partial charge on any atom is 0.227 e. The number of nitrogen functional groups attached to an aromatic ring is 1. The van der Waals surface area contributed by atoms with Crippen LogP contribution in [-0.4, -0.2) is 12.5 Å². The van der Waals surface area contributed by atoms with Gasteiger partial charge in [0.2, 0.25) is 5.91 Å². The first-order valence-corrected chi connectivity index (χ1v) is 6.59. The minimum absolute atomic E-state index is 0.113. The summed E-state index contributed by atoms with van der Waals surface area (Å²) >= 11 is 0. The number of benzene rings is 2. The molecule has 0 unspecified atom stereocenters. The topological polar surface area (TPSA) is 64.3 Å². The molecule has 0 radical (unpaired) electrons. The third-order valence-corrected chi connectivity index (χ3v) is 2.90. The number of para-hydroxylation sites is 2. The third kappa shape index (κ3) is 4.21. The van der Waals surface area contributed by atoms with Crippen molar-refractivity contribution in [1.82, 2.24) is 0 Å². The zero-order valence-corrected chi connectivity index (χ0v) is 11.7. The number of hydrogen-bond acceptors (Lipinski definition) is 3. The summed E-state index contributed by atoms with van der Waals surface area (Å²) in [5.74, 6) is -0.226. The Bertz CT molecular complexity index is 644. The molecule has 0 aliphatic carbocycles. The minimum Gasteiger partial charge on any atom is -0.491 e. The van der Waals surface area contributed by atoms with Crippen LogP contribution in [0.5, 0.6) is 5.75 Å². The van der Waals surface area contributed by atoms with E-state index in [0.717, 1.165) is 5.56 Å². The molecule has 0 bridgehead atoms. The predicted octanol–water partition coefficient (Wildman–Crippen LogP) is 3.12. The van der Waals surface area contributed by atoms with Crippen LogP contribution in [0.1, 0.15) is 12.0 Å². The van der Waals surface area contributed by atoms with Gasteiger partial charge in [0.15, 0.2) is 0 Å². The van der Waals surface area contributed by atoms with Gasteiger partial charge in [0.1, 0.15) is 11.6 Å². The molecular weight excluding hydrogens is 271 g/mol. The molecule has 3 N–H and O–H groups in total. The number of nitrogens with two attached hydrogens (primary N) is 1. The maximum atomic E-state index is 13.6. The van der Waals surface area contributed by atoms with Crippen molar-refractivity contribution in [2.45, 2.75) is 13.3 Å². The third-order valence-electron chi connectivity index (χ3n) is 2.90. The van der Waals surface area contributed by atoms with Gasteiger partial charge in [0, 0.05) is 0 Å². The number of carbonyl (C=O) groups excluding carboxylic acids is 1. The first-order chi connectivity index (χ1) is 10.1. The number of ether oxygens (including phenoxy) is 1. The molecule has 2 rings (SSSR count). The lowest BCUT2D eigenvalue weighted by Crippen LogP contribution is -2.16. The lowest BCUT2D eigenvalue weighted by atomic mass is 10.2. The van der Waals surface area contributed by atoms with E-state index in [1.807, 2.05) is 0 Å². The fourth-order valence-electron chi connectivity index (χ4n) is 1.80. The Morgan fingerprint density at radius 1 is 1.29 bits per heavy atom. The normalized spacial score (nSPS) is 10.2. The molecule has 0 spiro atoms. The van der Waals surface area contributed by atoms with Crippen molar-refractivity contribution >= 4 is 17.3 Å². The molecule has 1 amide bonds. The molecule has 2 aromatic carbocycles. The highest BCUT2D eigenvalue weighted by molar-refractivity contribution is 5.90. The van der Waals surface area contributed by atoms with Crippen molar-refractivity contribution in [3.05, 3.63) is 53.8 Å². The molecule has 0 aliphatic heterocycles. The Kier molecular flexibility index (Phi) is 4.77. The van der Waals surface area contributed by atoms with Crippen molar-refractivity contribution in [2.24, 2.45) is 0 Å². The van der Waals surface area contributed by atoms with Gasteiger partial charge in [-0.15, -0.1) is 0 Å². The van der Waals surface area contributed by atoms with Gasteiger partial charge >= 0.3 is 0 Å². The molecule has 4 nitrogen and oxygen atoms in total. The average Bonchev–Trinajstić information content (AvgIpc) is 2.44. The second-order valence-electron chi connectivity index (χ2n) is 4.67. The zero-order valence-electron chi connectivity index (χ0n) is 11.7. The smallest absolute Gasteiger partial charge is 0.227 e. The van der Waals surface area contributed by atoms with Crippen LogP contribution in [0, 0.1) is 12.7 Å². The van der Waals surface area contributed by atoms with Crippen LogP contribution in [0.15, 0.2) is 42.5 Å². The van der Waals surface area contributed by atoms with Crippen LogP contribution in [0.4, 0.5) is 15.8 Å². The van der Waals surface area contributed by atoms with E-state index < -0.39 is 5.82 Å². The minimum atomic E-state index is -0.448. The number of halogens is 1. The van der Waals surface area contributed by atoms with E-state index in [-0.39, 0.29) is 24.6 Å². The van der Waals surface area contributed by atoms with E-state index in [4.69, 9.17) is 10.5 Å². The van der Waals surface area contributed by atoms with Crippen molar-refractivity contribution in [3.63, 3.8) is 0 Å². The monoisotopic (exact) mass is 288 g/mol. The zero-order chi connectivity index (χ0) is 15.2. The van der Waals surface area contributed by atoms with Gasteiger partial charge in [0.25, 0.3) is 0 Å². The number of aryl methyl sites for hydroxylation is 1. The van der Waals surface area contributed by atoms with Crippen molar-refractivity contribution in [2.75, 3.05) is 17.7 Å². The molecule has 0 saturated heterocycles. The molecule has 21 heavy (non-hydrogen) atoms. The van der Waals surface area contributed by atoms with Crippen LogP contribution < -0.4 is 15.8 Å². The number of nitrogens with one attached hydrogen (secondary N) is 1. The number of hydrogen-bond donors (Lipinski definition) is 2. The summed E-state index contributed by atoms with van der Waals surface area (Å²) < 4.78 is 19.0. The highest BCUT2D eigenvalue weighted by atomic mass is 19.1. The van der Waals surface area contributed by atoms with Gasteiger partial charge in [-0.3, -0.25) is 4.79 Å². The van der Waals surface area contributed by atoms with Crippen LogP contribution in [-0.2, 0) is 4.79 Å². The second kappa shape index (κ2) is 6.74. The predicted molar refractivity (Wildman–Crippen MR) is 80.7 cm³/mol. The fraction of sp³-hybridized carbons (Fsp3) is 0.188. The number of anilines is 2. The van der Waals surface area contributed by atoms with E-state index in [1.165, 1.54) is 6.07 Å². The molecule has 110 valence electrons. The Balaban J connectivity index is 1.84. The van der Waals surface area contributed by atoms with Crippen LogP contribution in [0.2, 0.25) is 0 Å². The summed E-state index contributed by atoms with van der Waals surface area (Å²) in [6.07, 6.45) is 0.113. The SMILES string of the molecule is Cc1ccc(NC(=O)CCOc2ccccc2N)c(F)c1. The summed E-state index contributed by atoms with van der Waals surface area (Å²) in [4.78, 5) is 11.7. The first-order valence-electron chi connectivity index (χ1n) is 6.59. The Morgan fingerprint density at radius 2 is 2.05 bits per heavy atom. The maximum absolute atomic E-state index is 13.6. The summed E-state index contributed by atoms with van der Waals surface area (Å²) in [5, 5.41) is 2.51. The van der Waals surface area contributed by atoms with Crippen molar-refractivity contribution in [3.8, 4) is 5.75 Å². The molecule has 0 heterocycles. The fourth-order valence-corrected chi connectivity index (χ4v) is 1.80. The van der Waals surface area contributed by atoms with Crippen LogP contribution in [0.3, 0.4) is 0 Å². The lowest BCUT2D eigenvalue weighted by molar-refractivity contribution is -0.116. The second-order valence-corrected chi connectivity index (χ2v) is 4.67. The van der Waals surface area contributed by atoms with Gasteiger partial charge in [0.05, 0.1) is 24.4 Å². The number of carbonyl (C=O) groups is 1. The summed E-state index contributed by atoms with van der Waals surface area (Å²) in [5.41, 5.74) is 7.21. The number of amides is 1. The van der Waals surface area contributed by atoms with Gasteiger partial charge in [-0.05, 0) is 36.8 Å². The highest BCUT2D eigenvalue weighted by Crippen LogP contribution is 2.20. The Morgan fingerprint density at radius 3 is 2.76 bits per heavy atom. The Hall–Kier alpha value is -2.56. The van der Waals surface area contributed by atoms with Crippen LogP contribution >= 0.6 is 0 Å². The first kappa shape index (κ1) is 14.8. The highest BCUT2D eigenvalue weighted by Gasteiger charge is 2.08. The van der Waals surface area contributed by atoms with Crippen LogP contribution in [0.25, 0.3) is 0 Å². The molecule has 0 aromatic heterocycles. The van der Waals surface area contributed by atoms with Gasteiger partial charge in [-0.25, -0.2) is 4.39 Å². The Labute approximate surface area is 122 Å². The molecule has 0 aliphatic rings.